The molecule has 1 N–H and O–H groups in total. The van der Waals surface area contributed by atoms with E-state index in [2.05, 4.69) is 28.1 Å². The van der Waals surface area contributed by atoms with Crippen LogP contribution < -0.4 is 0 Å². The van der Waals surface area contributed by atoms with Gasteiger partial charge in [-0.05, 0) is 35.4 Å². The third kappa shape index (κ3) is 2.15. The van der Waals surface area contributed by atoms with Crippen LogP contribution in [-0.2, 0) is 10.2 Å². The normalized spacial score (nSPS) is 16.4. The van der Waals surface area contributed by atoms with Crippen LogP contribution >= 0.6 is 15.9 Å². The van der Waals surface area contributed by atoms with Crippen LogP contribution in [0.25, 0.3) is 0 Å². The minimum atomic E-state index is -0.904. The smallest absolute Gasteiger partial charge is 0.335 e. The maximum Gasteiger partial charge on any atom is 0.335 e. The average molecular weight is 333 g/mol. The number of rotatable bonds is 3. The number of carbonyl (C=O) groups is 1. The van der Waals surface area contributed by atoms with Gasteiger partial charge in [0.2, 0.25) is 0 Å². The SMILES string of the molecule is O=C(O)c1ccc(C2(c3ccc(Br)cc3)COC2)cc1. The Labute approximate surface area is 125 Å². The molecule has 20 heavy (non-hydrogen) atoms. The number of carboxylic acid groups (broad SMARTS) is 1. The quantitative estimate of drug-likeness (QED) is 0.936. The highest BCUT2D eigenvalue weighted by molar-refractivity contribution is 9.10. The van der Waals surface area contributed by atoms with E-state index in [1.165, 1.54) is 5.56 Å². The van der Waals surface area contributed by atoms with Crippen LogP contribution in [0.3, 0.4) is 0 Å². The van der Waals surface area contributed by atoms with Crippen molar-refractivity contribution in [3.8, 4) is 0 Å². The maximum absolute atomic E-state index is 10.9. The van der Waals surface area contributed by atoms with Crippen LogP contribution in [0.5, 0.6) is 0 Å². The molecule has 3 nitrogen and oxygen atoms in total. The van der Waals surface area contributed by atoms with Crippen molar-refractivity contribution in [3.63, 3.8) is 0 Å². The van der Waals surface area contributed by atoms with Gasteiger partial charge in [-0.1, -0.05) is 40.2 Å². The van der Waals surface area contributed by atoms with Gasteiger partial charge in [0.15, 0.2) is 0 Å². The molecule has 102 valence electrons. The largest absolute Gasteiger partial charge is 0.478 e. The number of hydrogen-bond donors (Lipinski definition) is 1. The molecular weight excluding hydrogens is 320 g/mol. The maximum atomic E-state index is 10.9. The molecule has 0 aromatic heterocycles. The summed E-state index contributed by atoms with van der Waals surface area (Å²) < 4.78 is 6.47. The number of hydrogen-bond acceptors (Lipinski definition) is 2. The molecule has 1 heterocycles. The molecule has 1 aliphatic heterocycles. The van der Waals surface area contributed by atoms with E-state index in [0.29, 0.717) is 18.8 Å². The molecular formula is C16H13BrO3. The molecule has 0 aliphatic carbocycles. The first-order chi connectivity index (χ1) is 9.62. The zero-order valence-electron chi connectivity index (χ0n) is 10.7. The van der Waals surface area contributed by atoms with E-state index in [0.717, 1.165) is 10.0 Å². The van der Waals surface area contributed by atoms with E-state index in [-0.39, 0.29) is 5.41 Å². The summed E-state index contributed by atoms with van der Waals surface area (Å²) >= 11 is 3.44. The summed E-state index contributed by atoms with van der Waals surface area (Å²) in [5.41, 5.74) is 2.43. The number of ether oxygens (including phenoxy) is 1. The third-order valence-corrected chi connectivity index (χ3v) is 4.31. The molecule has 0 spiro atoms. The second-order valence-corrected chi connectivity index (χ2v) is 5.88. The fourth-order valence-electron chi connectivity index (χ4n) is 2.51. The Kier molecular flexibility index (Phi) is 3.36. The summed E-state index contributed by atoms with van der Waals surface area (Å²) in [5.74, 6) is -0.904. The zero-order valence-corrected chi connectivity index (χ0v) is 12.3. The van der Waals surface area contributed by atoms with Crippen molar-refractivity contribution in [2.75, 3.05) is 13.2 Å². The predicted octanol–water partition coefficient (Wildman–Crippen LogP) is 3.46. The molecule has 2 aromatic carbocycles. The lowest BCUT2D eigenvalue weighted by molar-refractivity contribution is -0.0380. The Balaban J connectivity index is 2.00. The van der Waals surface area contributed by atoms with Crippen LogP contribution in [0.15, 0.2) is 53.0 Å². The van der Waals surface area contributed by atoms with E-state index < -0.39 is 5.97 Å². The highest BCUT2D eigenvalue weighted by atomic mass is 79.9. The lowest BCUT2D eigenvalue weighted by Gasteiger charge is -2.42. The average Bonchev–Trinajstić information content (AvgIpc) is 2.40. The van der Waals surface area contributed by atoms with Gasteiger partial charge in [0.25, 0.3) is 0 Å². The Morgan fingerprint density at radius 1 is 1.00 bits per heavy atom. The van der Waals surface area contributed by atoms with Gasteiger partial charge in [-0.3, -0.25) is 0 Å². The fraction of sp³-hybridized carbons (Fsp3) is 0.188. The number of halogens is 1. The van der Waals surface area contributed by atoms with Gasteiger partial charge in [-0.2, -0.15) is 0 Å². The highest BCUT2D eigenvalue weighted by Gasteiger charge is 2.41. The van der Waals surface area contributed by atoms with Crippen molar-refractivity contribution in [2.24, 2.45) is 0 Å². The summed E-state index contributed by atoms with van der Waals surface area (Å²) in [6.45, 7) is 1.25. The minimum Gasteiger partial charge on any atom is -0.478 e. The van der Waals surface area contributed by atoms with Gasteiger partial charge in [-0.15, -0.1) is 0 Å². The van der Waals surface area contributed by atoms with E-state index >= 15 is 0 Å². The molecule has 0 amide bonds. The molecule has 0 unspecified atom stereocenters. The molecule has 0 bridgehead atoms. The third-order valence-electron chi connectivity index (χ3n) is 3.78. The van der Waals surface area contributed by atoms with Crippen LogP contribution in [-0.4, -0.2) is 24.3 Å². The molecule has 1 saturated heterocycles. The Morgan fingerprint density at radius 3 is 1.90 bits per heavy atom. The molecule has 1 aliphatic rings. The molecule has 0 radical (unpaired) electrons. The van der Waals surface area contributed by atoms with Crippen LogP contribution in [0.2, 0.25) is 0 Å². The second-order valence-electron chi connectivity index (χ2n) is 4.96. The summed E-state index contributed by atoms with van der Waals surface area (Å²) in [7, 11) is 0. The summed E-state index contributed by atoms with van der Waals surface area (Å²) in [5, 5.41) is 8.97. The van der Waals surface area contributed by atoms with Gasteiger partial charge in [0.05, 0.1) is 24.2 Å². The van der Waals surface area contributed by atoms with E-state index in [1.807, 2.05) is 24.3 Å². The van der Waals surface area contributed by atoms with Gasteiger partial charge in [-0.25, -0.2) is 4.79 Å². The second kappa shape index (κ2) is 5.04. The van der Waals surface area contributed by atoms with Crippen LogP contribution in [0, 0.1) is 0 Å². The van der Waals surface area contributed by atoms with Crippen molar-refractivity contribution in [1.82, 2.24) is 0 Å². The fourth-order valence-corrected chi connectivity index (χ4v) is 2.77. The number of carboxylic acids is 1. The predicted molar refractivity (Wildman–Crippen MR) is 79.1 cm³/mol. The van der Waals surface area contributed by atoms with Gasteiger partial charge in [0, 0.05) is 4.47 Å². The van der Waals surface area contributed by atoms with Crippen molar-refractivity contribution in [2.45, 2.75) is 5.41 Å². The lowest BCUT2D eigenvalue weighted by Crippen LogP contribution is -2.47. The molecule has 3 rings (SSSR count). The molecule has 4 heteroatoms. The Morgan fingerprint density at radius 2 is 1.50 bits per heavy atom. The Bertz CT molecular complexity index is 628. The highest BCUT2D eigenvalue weighted by Crippen LogP contribution is 2.39. The van der Waals surface area contributed by atoms with Gasteiger partial charge < -0.3 is 9.84 Å². The molecule has 2 aromatic rings. The molecule has 1 fully saturated rings. The van der Waals surface area contributed by atoms with Gasteiger partial charge >= 0.3 is 5.97 Å². The molecule has 0 atom stereocenters. The first-order valence-corrected chi connectivity index (χ1v) is 7.09. The topological polar surface area (TPSA) is 46.5 Å². The standard InChI is InChI=1S/C16H13BrO3/c17-14-7-5-13(6-8-14)16(9-20-10-16)12-3-1-11(2-4-12)15(18)19/h1-8H,9-10H2,(H,18,19). The van der Waals surface area contributed by atoms with Gasteiger partial charge in [0.1, 0.15) is 0 Å². The van der Waals surface area contributed by atoms with E-state index in [9.17, 15) is 4.79 Å². The number of aromatic carboxylic acids is 1. The summed E-state index contributed by atoms with van der Waals surface area (Å²) in [6.07, 6.45) is 0. The molecule has 0 saturated carbocycles. The summed E-state index contributed by atoms with van der Waals surface area (Å²) in [6, 6.07) is 15.3. The monoisotopic (exact) mass is 332 g/mol. The van der Waals surface area contributed by atoms with Crippen molar-refractivity contribution >= 4 is 21.9 Å². The van der Waals surface area contributed by atoms with E-state index in [4.69, 9.17) is 9.84 Å². The Hall–Kier alpha value is -1.65. The van der Waals surface area contributed by atoms with Crippen molar-refractivity contribution in [1.29, 1.82) is 0 Å². The van der Waals surface area contributed by atoms with E-state index in [1.54, 1.807) is 12.1 Å². The lowest BCUT2D eigenvalue weighted by atomic mass is 9.73. The first kappa shape index (κ1) is 13.3. The van der Waals surface area contributed by atoms with Crippen LogP contribution in [0.1, 0.15) is 21.5 Å². The zero-order chi connectivity index (χ0) is 14.2. The van der Waals surface area contributed by atoms with Crippen molar-refractivity contribution < 1.29 is 14.6 Å². The van der Waals surface area contributed by atoms with Crippen LogP contribution in [0.4, 0.5) is 0 Å². The summed E-state index contributed by atoms with van der Waals surface area (Å²) in [4.78, 5) is 10.9. The number of benzene rings is 2. The minimum absolute atomic E-state index is 0.155. The van der Waals surface area contributed by atoms with Crippen molar-refractivity contribution in [3.05, 3.63) is 69.7 Å². The first-order valence-electron chi connectivity index (χ1n) is 6.29.